The molecule has 0 fully saturated rings. The van der Waals surface area contributed by atoms with Gasteiger partial charge in [-0.15, -0.1) is 0 Å². The fraction of sp³-hybridized carbons (Fsp3) is 0.273. The van der Waals surface area contributed by atoms with Gasteiger partial charge in [-0.1, -0.05) is 12.1 Å². The molecule has 2 aromatic carbocycles. The van der Waals surface area contributed by atoms with Gasteiger partial charge in [-0.05, 0) is 43.7 Å². The summed E-state index contributed by atoms with van der Waals surface area (Å²) in [5, 5.41) is 3.63. The highest BCUT2D eigenvalue weighted by atomic mass is 16.6. The van der Waals surface area contributed by atoms with Crippen LogP contribution in [-0.4, -0.2) is 31.8 Å². The summed E-state index contributed by atoms with van der Waals surface area (Å²) in [6, 6.07) is 12.5. The Bertz CT molecular complexity index is 1120. The van der Waals surface area contributed by atoms with Crippen molar-refractivity contribution in [3.05, 3.63) is 64.0 Å². The number of carbonyl (C=O) groups is 1. The minimum Gasteiger partial charge on any atom is -0.486 e. The van der Waals surface area contributed by atoms with E-state index >= 15 is 0 Å². The lowest BCUT2D eigenvalue weighted by Crippen LogP contribution is -2.42. The highest BCUT2D eigenvalue weighted by Crippen LogP contribution is 2.31. The number of benzene rings is 2. The molecule has 1 aliphatic heterocycles. The minimum absolute atomic E-state index is 0.160. The van der Waals surface area contributed by atoms with E-state index in [2.05, 4.69) is 5.32 Å². The molecular weight excluding hydrogens is 374 g/mol. The summed E-state index contributed by atoms with van der Waals surface area (Å²) in [6.45, 7) is 4.15. The third-order valence-electron chi connectivity index (χ3n) is 4.77. The quantitative estimate of drug-likeness (QED) is 0.669. The number of fused-ring (bicyclic) bond motifs is 2. The summed E-state index contributed by atoms with van der Waals surface area (Å²) < 4.78 is 22.4. The zero-order chi connectivity index (χ0) is 20.4. The van der Waals surface area contributed by atoms with Crippen LogP contribution < -0.4 is 25.2 Å². The molecule has 0 aliphatic carbocycles. The number of hydrogen-bond donors (Lipinski definition) is 1. The highest BCUT2D eigenvalue weighted by molar-refractivity contribution is 5.85. The number of para-hydroxylation sites is 2. The number of amides is 1. The van der Waals surface area contributed by atoms with Gasteiger partial charge in [0.05, 0.1) is 6.54 Å². The molecular formula is C22H21NO6. The molecule has 1 amide bonds. The second-order valence-electron chi connectivity index (χ2n) is 6.90. The number of nitrogens with one attached hydrogen (secondary N) is 1. The van der Waals surface area contributed by atoms with Crippen molar-refractivity contribution < 1.29 is 23.4 Å². The SMILES string of the molecule is Cc1cc(=O)oc2c(C)c(OCC(=O)NC[C@@H]3COc4ccccc4O3)ccc12. The standard InChI is InChI=1S/C22H21NO6/c1-13-9-21(25)29-22-14(2)17(8-7-16(13)22)27-12-20(24)23-10-15-11-26-18-5-3-4-6-19(18)28-15/h3-9,15H,10-12H2,1-2H3,(H,23,24)/t15-/m1/s1. The molecule has 3 aromatic rings. The van der Waals surface area contributed by atoms with Gasteiger partial charge in [-0.2, -0.15) is 0 Å². The Morgan fingerprint density at radius 2 is 1.97 bits per heavy atom. The maximum absolute atomic E-state index is 12.2. The number of rotatable bonds is 5. The number of carbonyl (C=O) groups excluding carboxylic acids is 1. The van der Waals surface area contributed by atoms with Crippen molar-refractivity contribution in [3.8, 4) is 17.2 Å². The lowest BCUT2D eigenvalue weighted by atomic mass is 10.1. The molecule has 0 spiro atoms. The molecule has 7 heteroatoms. The van der Waals surface area contributed by atoms with E-state index in [-0.39, 0.29) is 18.6 Å². The molecule has 0 bridgehead atoms. The summed E-state index contributed by atoms with van der Waals surface area (Å²) in [5.74, 6) is 1.58. The van der Waals surface area contributed by atoms with Crippen molar-refractivity contribution >= 4 is 16.9 Å². The van der Waals surface area contributed by atoms with Gasteiger partial charge < -0.3 is 23.9 Å². The third-order valence-corrected chi connectivity index (χ3v) is 4.77. The van der Waals surface area contributed by atoms with Crippen molar-refractivity contribution in [2.75, 3.05) is 19.8 Å². The first-order valence-electron chi connectivity index (χ1n) is 9.33. The summed E-state index contributed by atoms with van der Waals surface area (Å²) in [4.78, 5) is 23.8. The predicted molar refractivity (Wildman–Crippen MR) is 107 cm³/mol. The van der Waals surface area contributed by atoms with Gasteiger partial charge in [-0.25, -0.2) is 4.79 Å². The van der Waals surface area contributed by atoms with E-state index in [4.69, 9.17) is 18.6 Å². The first-order chi connectivity index (χ1) is 14.0. The van der Waals surface area contributed by atoms with Crippen LogP contribution in [0.5, 0.6) is 17.2 Å². The van der Waals surface area contributed by atoms with Crippen LogP contribution in [0.1, 0.15) is 11.1 Å². The molecule has 7 nitrogen and oxygen atoms in total. The van der Waals surface area contributed by atoms with E-state index in [1.807, 2.05) is 37.3 Å². The van der Waals surface area contributed by atoms with Crippen LogP contribution in [0.3, 0.4) is 0 Å². The molecule has 1 N–H and O–H groups in total. The van der Waals surface area contributed by atoms with Gasteiger partial charge in [-0.3, -0.25) is 4.79 Å². The van der Waals surface area contributed by atoms with Gasteiger partial charge in [0, 0.05) is 17.0 Å². The summed E-state index contributed by atoms with van der Waals surface area (Å²) in [7, 11) is 0. The van der Waals surface area contributed by atoms with Crippen molar-refractivity contribution in [3.63, 3.8) is 0 Å². The summed E-state index contributed by atoms with van der Waals surface area (Å²) in [6.07, 6.45) is -0.270. The molecule has 1 atom stereocenters. The molecule has 0 unspecified atom stereocenters. The fourth-order valence-corrected chi connectivity index (χ4v) is 3.24. The Morgan fingerprint density at radius 3 is 2.79 bits per heavy atom. The summed E-state index contributed by atoms with van der Waals surface area (Å²) in [5.41, 5.74) is 1.57. The Hall–Kier alpha value is -3.48. The van der Waals surface area contributed by atoms with Crippen LogP contribution in [0.2, 0.25) is 0 Å². The predicted octanol–water partition coefficient (Wildman–Crippen LogP) is 2.74. The topological polar surface area (TPSA) is 87.0 Å². The lowest BCUT2D eigenvalue weighted by Gasteiger charge is -2.26. The van der Waals surface area contributed by atoms with Gasteiger partial charge in [0.15, 0.2) is 18.1 Å². The van der Waals surface area contributed by atoms with Crippen molar-refractivity contribution in [2.24, 2.45) is 0 Å². The van der Waals surface area contributed by atoms with E-state index in [1.165, 1.54) is 6.07 Å². The second kappa shape index (κ2) is 7.87. The van der Waals surface area contributed by atoms with Crippen LogP contribution in [0.4, 0.5) is 0 Å². The van der Waals surface area contributed by atoms with Crippen LogP contribution in [0.15, 0.2) is 51.7 Å². The molecule has 150 valence electrons. The maximum Gasteiger partial charge on any atom is 0.336 e. The van der Waals surface area contributed by atoms with Crippen LogP contribution in [-0.2, 0) is 4.79 Å². The van der Waals surface area contributed by atoms with Crippen LogP contribution in [0, 0.1) is 13.8 Å². The van der Waals surface area contributed by atoms with E-state index in [0.717, 1.165) is 10.9 Å². The average molecular weight is 395 g/mol. The molecule has 1 aromatic heterocycles. The Balaban J connectivity index is 1.34. The van der Waals surface area contributed by atoms with E-state index < -0.39 is 5.63 Å². The Labute approximate surface area is 167 Å². The fourth-order valence-electron chi connectivity index (χ4n) is 3.24. The van der Waals surface area contributed by atoms with E-state index in [0.29, 0.717) is 41.5 Å². The zero-order valence-corrected chi connectivity index (χ0v) is 16.2. The van der Waals surface area contributed by atoms with Crippen molar-refractivity contribution in [1.82, 2.24) is 5.32 Å². The first-order valence-corrected chi connectivity index (χ1v) is 9.33. The normalized spacial score (nSPS) is 15.2. The van der Waals surface area contributed by atoms with Crippen molar-refractivity contribution in [1.29, 1.82) is 0 Å². The molecule has 1 aliphatic rings. The first kappa shape index (κ1) is 18.9. The smallest absolute Gasteiger partial charge is 0.336 e. The van der Waals surface area contributed by atoms with Crippen LogP contribution in [0.25, 0.3) is 11.0 Å². The van der Waals surface area contributed by atoms with E-state index in [9.17, 15) is 9.59 Å². The maximum atomic E-state index is 12.2. The average Bonchev–Trinajstić information content (AvgIpc) is 2.72. The third kappa shape index (κ3) is 4.03. The number of aryl methyl sites for hydroxylation is 2. The summed E-state index contributed by atoms with van der Waals surface area (Å²) >= 11 is 0. The van der Waals surface area contributed by atoms with E-state index in [1.54, 1.807) is 13.0 Å². The number of hydrogen-bond acceptors (Lipinski definition) is 6. The van der Waals surface area contributed by atoms with Gasteiger partial charge >= 0.3 is 5.63 Å². The number of ether oxygens (including phenoxy) is 3. The molecule has 0 saturated carbocycles. The van der Waals surface area contributed by atoms with Crippen LogP contribution >= 0.6 is 0 Å². The van der Waals surface area contributed by atoms with Gasteiger partial charge in [0.1, 0.15) is 24.0 Å². The monoisotopic (exact) mass is 395 g/mol. The largest absolute Gasteiger partial charge is 0.486 e. The highest BCUT2D eigenvalue weighted by Gasteiger charge is 2.21. The minimum atomic E-state index is -0.413. The van der Waals surface area contributed by atoms with Gasteiger partial charge in [0.2, 0.25) is 0 Å². The van der Waals surface area contributed by atoms with Gasteiger partial charge in [0.25, 0.3) is 5.91 Å². The second-order valence-corrected chi connectivity index (χ2v) is 6.90. The molecule has 2 heterocycles. The Morgan fingerprint density at radius 1 is 1.17 bits per heavy atom. The van der Waals surface area contributed by atoms with Crippen molar-refractivity contribution in [2.45, 2.75) is 20.0 Å². The zero-order valence-electron chi connectivity index (χ0n) is 16.2. The molecule has 0 radical (unpaired) electrons. The molecule has 29 heavy (non-hydrogen) atoms. The lowest BCUT2D eigenvalue weighted by molar-refractivity contribution is -0.123. The molecule has 0 saturated heterocycles. The Kier molecular flexibility index (Phi) is 5.12. The molecule has 4 rings (SSSR count).